The number of ether oxygens (including phenoxy) is 5. The average Bonchev–Trinajstić information content (AvgIpc) is 2.72. The molecule has 0 spiro atoms. The molecule has 32 heavy (non-hydrogen) atoms. The molecule has 11 heteroatoms. The number of hydrogen-bond donors (Lipinski definition) is 3. The van der Waals surface area contributed by atoms with Gasteiger partial charge in [-0.2, -0.15) is 0 Å². The summed E-state index contributed by atoms with van der Waals surface area (Å²) in [6.07, 6.45) is 1.36. The quantitative estimate of drug-likeness (QED) is 0.198. The predicted molar refractivity (Wildman–Crippen MR) is 118 cm³/mol. The summed E-state index contributed by atoms with van der Waals surface area (Å²) in [5.41, 5.74) is 5.07. The third kappa shape index (κ3) is 20.0. The highest BCUT2D eigenvalue weighted by atomic mass is 16.6. The van der Waals surface area contributed by atoms with Crippen molar-refractivity contribution in [3.63, 3.8) is 0 Å². The number of hydrogen-bond acceptors (Lipinski definition) is 9. The molecule has 0 aliphatic carbocycles. The number of amides is 2. The minimum Gasteiger partial charge on any atom is -0.468 e. The van der Waals surface area contributed by atoms with Gasteiger partial charge in [-0.1, -0.05) is 0 Å². The Kier molecular flexibility index (Phi) is 17.5. The van der Waals surface area contributed by atoms with Crippen molar-refractivity contribution in [1.82, 2.24) is 10.6 Å². The van der Waals surface area contributed by atoms with Gasteiger partial charge in [0, 0.05) is 32.7 Å². The largest absolute Gasteiger partial charge is 0.468 e. The maximum Gasteiger partial charge on any atom is 0.407 e. The third-order valence-electron chi connectivity index (χ3n) is 3.85. The van der Waals surface area contributed by atoms with E-state index < -0.39 is 23.7 Å². The zero-order chi connectivity index (χ0) is 24.2. The van der Waals surface area contributed by atoms with Crippen molar-refractivity contribution < 1.29 is 38.1 Å². The van der Waals surface area contributed by atoms with E-state index in [1.54, 1.807) is 0 Å². The summed E-state index contributed by atoms with van der Waals surface area (Å²) in [5.74, 6) is -0.680. The van der Waals surface area contributed by atoms with Crippen LogP contribution < -0.4 is 16.4 Å². The normalized spacial score (nSPS) is 12.2. The van der Waals surface area contributed by atoms with Crippen molar-refractivity contribution in [2.45, 2.75) is 58.1 Å². The Hall–Kier alpha value is -1.95. The Bertz CT molecular complexity index is 526. The fraction of sp³-hybridized carbons (Fsp3) is 0.857. The van der Waals surface area contributed by atoms with Crippen LogP contribution in [0.25, 0.3) is 0 Å². The molecule has 0 saturated carbocycles. The van der Waals surface area contributed by atoms with Gasteiger partial charge in [-0.25, -0.2) is 4.79 Å². The standard InChI is InChI=1S/C21H41N3O8/c1-21(2,3)32-20(27)24-10-6-12-30-14-16-31-15-13-29-11-5-9-23-18(25)8-7-17(22)19(26)28-4/h17H,5-16,22H2,1-4H3,(H,23,25)(H,24,27). The van der Waals surface area contributed by atoms with Crippen LogP contribution in [-0.4, -0.2) is 89.5 Å². The number of methoxy groups -OCH3 is 1. The van der Waals surface area contributed by atoms with Crippen LogP contribution in [0.2, 0.25) is 0 Å². The molecule has 0 aliphatic heterocycles. The van der Waals surface area contributed by atoms with Gasteiger partial charge in [0.2, 0.25) is 5.91 Å². The molecule has 0 aromatic carbocycles. The lowest BCUT2D eigenvalue weighted by molar-refractivity contribution is -0.142. The molecule has 11 nitrogen and oxygen atoms in total. The van der Waals surface area contributed by atoms with Crippen LogP contribution in [0.4, 0.5) is 4.79 Å². The maximum atomic E-state index is 11.6. The molecule has 0 fully saturated rings. The molecule has 0 saturated heterocycles. The maximum absolute atomic E-state index is 11.6. The van der Waals surface area contributed by atoms with Gasteiger partial charge in [0.15, 0.2) is 0 Å². The van der Waals surface area contributed by atoms with Gasteiger partial charge in [-0.3, -0.25) is 9.59 Å². The van der Waals surface area contributed by atoms with Crippen molar-refractivity contribution in [3.8, 4) is 0 Å². The summed E-state index contributed by atoms with van der Waals surface area (Å²) >= 11 is 0. The minimum absolute atomic E-state index is 0.159. The molecule has 0 bridgehead atoms. The number of carbonyl (C=O) groups is 3. The second-order valence-electron chi connectivity index (χ2n) is 7.99. The number of alkyl carbamates (subject to hydrolysis) is 1. The lowest BCUT2D eigenvalue weighted by atomic mass is 10.1. The molecule has 0 aromatic heterocycles. The van der Waals surface area contributed by atoms with E-state index in [2.05, 4.69) is 15.4 Å². The first kappa shape index (κ1) is 30.0. The van der Waals surface area contributed by atoms with Crippen LogP contribution >= 0.6 is 0 Å². The number of esters is 1. The summed E-state index contributed by atoms with van der Waals surface area (Å²) in [7, 11) is 1.26. The van der Waals surface area contributed by atoms with Gasteiger partial charge in [0.05, 0.1) is 33.5 Å². The van der Waals surface area contributed by atoms with Crippen molar-refractivity contribution in [3.05, 3.63) is 0 Å². The molecule has 0 aliphatic rings. The zero-order valence-corrected chi connectivity index (χ0v) is 19.9. The summed E-state index contributed by atoms with van der Waals surface area (Å²) in [6.45, 7) is 9.31. The van der Waals surface area contributed by atoms with E-state index in [4.69, 9.17) is 24.7 Å². The molecular weight excluding hydrogens is 422 g/mol. The monoisotopic (exact) mass is 463 g/mol. The van der Waals surface area contributed by atoms with Crippen LogP contribution in [0.15, 0.2) is 0 Å². The van der Waals surface area contributed by atoms with Gasteiger partial charge < -0.3 is 40.1 Å². The first-order valence-corrected chi connectivity index (χ1v) is 11.0. The van der Waals surface area contributed by atoms with Crippen LogP contribution in [0, 0.1) is 0 Å². The summed E-state index contributed by atoms with van der Waals surface area (Å²) in [5, 5.41) is 5.41. The van der Waals surface area contributed by atoms with Crippen molar-refractivity contribution >= 4 is 18.0 Å². The third-order valence-corrected chi connectivity index (χ3v) is 3.85. The Morgan fingerprint density at radius 2 is 1.34 bits per heavy atom. The average molecular weight is 464 g/mol. The van der Waals surface area contributed by atoms with Gasteiger partial charge in [-0.15, -0.1) is 0 Å². The second kappa shape index (κ2) is 18.6. The fourth-order valence-electron chi connectivity index (χ4n) is 2.27. The summed E-state index contributed by atoms with van der Waals surface area (Å²) < 4.78 is 25.9. The first-order chi connectivity index (χ1) is 15.2. The van der Waals surface area contributed by atoms with Crippen LogP contribution in [-0.2, 0) is 33.3 Å². The Morgan fingerprint density at radius 1 is 0.844 bits per heavy atom. The Morgan fingerprint density at radius 3 is 1.84 bits per heavy atom. The number of nitrogens with one attached hydrogen (secondary N) is 2. The number of rotatable bonds is 18. The molecule has 188 valence electrons. The Labute approximate surface area is 191 Å². The first-order valence-electron chi connectivity index (χ1n) is 11.0. The van der Waals surface area contributed by atoms with E-state index >= 15 is 0 Å². The van der Waals surface area contributed by atoms with Crippen LogP contribution in [0.5, 0.6) is 0 Å². The molecule has 0 heterocycles. The van der Waals surface area contributed by atoms with E-state index in [-0.39, 0.29) is 18.7 Å². The smallest absolute Gasteiger partial charge is 0.407 e. The van der Waals surface area contributed by atoms with E-state index in [1.807, 2.05) is 20.8 Å². The summed E-state index contributed by atoms with van der Waals surface area (Å²) in [4.78, 5) is 34.2. The summed E-state index contributed by atoms with van der Waals surface area (Å²) in [6, 6.07) is -0.777. The van der Waals surface area contributed by atoms with Gasteiger partial charge in [0.25, 0.3) is 0 Å². The van der Waals surface area contributed by atoms with Crippen molar-refractivity contribution in [1.29, 1.82) is 0 Å². The lowest BCUT2D eigenvalue weighted by Gasteiger charge is -2.19. The lowest BCUT2D eigenvalue weighted by Crippen LogP contribution is -2.34. The molecule has 0 radical (unpaired) electrons. The topological polar surface area (TPSA) is 147 Å². The number of nitrogens with two attached hydrogens (primary N) is 1. The molecule has 1 atom stereocenters. The SMILES string of the molecule is COC(=O)C(N)CCC(=O)NCCCOCCOCCOCCCNC(=O)OC(C)(C)C. The molecule has 0 aromatic rings. The second-order valence-corrected chi connectivity index (χ2v) is 7.99. The van der Waals surface area contributed by atoms with Gasteiger partial charge in [-0.05, 0) is 40.0 Å². The molecule has 4 N–H and O–H groups in total. The van der Waals surface area contributed by atoms with Crippen molar-refractivity contribution in [2.24, 2.45) is 5.73 Å². The highest BCUT2D eigenvalue weighted by Gasteiger charge is 2.16. The zero-order valence-electron chi connectivity index (χ0n) is 19.9. The molecule has 2 amide bonds. The van der Waals surface area contributed by atoms with Gasteiger partial charge >= 0.3 is 12.1 Å². The fourth-order valence-corrected chi connectivity index (χ4v) is 2.27. The Balaban J connectivity index is 3.32. The van der Waals surface area contributed by atoms with E-state index in [9.17, 15) is 14.4 Å². The van der Waals surface area contributed by atoms with E-state index in [0.717, 1.165) is 0 Å². The van der Waals surface area contributed by atoms with E-state index in [1.165, 1.54) is 7.11 Å². The van der Waals surface area contributed by atoms with Crippen molar-refractivity contribution in [2.75, 3.05) is 59.8 Å². The van der Waals surface area contributed by atoms with E-state index in [0.29, 0.717) is 65.6 Å². The highest BCUT2D eigenvalue weighted by molar-refractivity contribution is 5.79. The molecule has 0 rings (SSSR count). The minimum atomic E-state index is -0.777. The highest BCUT2D eigenvalue weighted by Crippen LogP contribution is 2.06. The molecule has 1 unspecified atom stereocenters. The molecular formula is C21H41N3O8. The van der Waals surface area contributed by atoms with Crippen LogP contribution in [0.3, 0.4) is 0 Å². The van der Waals surface area contributed by atoms with Gasteiger partial charge in [0.1, 0.15) is 11.6 Å². The predicted octanol–water partition coefficient (Wildman–Crippen LogP) is 0.738. The number of carbonyl (C=O) groups excluding carboxylic acids is 3. The van der Waals surface area contributed by atoms with Crippen LogP contribution in [0.1, 0.15) is 46.5 Å².